The average Bonchev–Trinajstić information content (AvgIpc) is 2.45. The van der Waals surface area contributed by atoms with Gasteiger partial charge in [0.25, 0.3) is 0 Å². The molecule has 0 unspecified atom stereocenters. The van der Waals surface area contributed by atoms with E-state index in [9.17, 15) is 0 Å². The van der Waals surface area contributed by atoms with E-state index < -0.39 is 0 Å². The second kappa shape index (κ2) is 7.22. The Morgan fingerprint density at radius 2 is 1.76 bits per heavy atom. The quantitative estimate of drug-likeness (QED) is 0.749. The van der Waals surface area contributed by atoms with Crippen molar-refractivity contribution < 1.29 is 9.47 Å². The summed E-state index contributed by atoms with van der Waals surface area (Å²) in [4.78, 5) is 0. The van der Waals surface area contributed by atoms with Gasteiger partial charge in [0.2, 0.25) is 0 Å². The topological polar surface area (TPSA) is 56.5 Å². The molecule has 0 aliphatic rings. The molecule has 0 bridgehead atoms. The van der Waals surface area contributed by atoms with Crippen molar-refractivity contribution in [3.63, 3.8) is 0 Å². The molecule has 4 nitrogen and oxygen atoms in total. The largest absolute Gasteiger partial charge is 0.494 e. The number of nitrogen functional groups attached to an aromatic ring is 1. The minimum absolute atomic E-state index is 0.596. The van der Waals surface area contributed by atoms with Gasteiger partial charge in [-0.3, -0.25) is 0 Å². The van der Waals surface area contributed by atoms with Crippen molar-refractivity contribution in [3.05, 3.63) is 40.9 Å². The van der Waals surface area contributed by atoms with Gasteiger partial charge in [-0.05, 0) is 44.2 Å². The summed E-state index contributed by atoms with van der Waals surface area (Å²) in [7, 11) is 0. The molecular formula is C16H19BrN2O2. The van der Waals surface area contributed by atoms with Gasteiger partial charge in [0.05, 0.1) is 30.3 Å². The molecule has 5 heteroatoms. The Morgan fingerprint density at radius 1 is 1.00 bits per heavy atom. The van der Waals surface area contributed by atoms with Gasteiger partial charge in [-0.15, -0.1) is 0 Å². The third-order valence-corrected chi connectivity index (χ3v) is 3.34. The van der Waals surface area contributed by atoms with Crippen LogP contribution < -0.4 is 20.5 Å². The Bertz CT molecular complexity index is 617. The summed E-state index contributed by atoms with van der Waals surface area (Å²) in [5, 5.41) is 3.30. The van der Waals surface area contributed by atoms with E-state index in [1.165, 1.54) is 0 Å². The lowest BCUT2D eigenvalue weighted by Gasteiger charge is -2.15. The van der Waals surface area contributed by atoms with E-state index in [0.717, 1.165) is 27.3 Å². The van der Waals surface area contributed by atoms with Crippen LogP contribution in [-0.4, -0.2) is 13.2 Å². The standard InChI is InChI=1S/C16H19BrN2O2/c1-3-20-12-6-8-16(21-4-2)15(10-12)19-14-7-5-11(17)9-13(14)18/h5-10,19H,3-4,18H2,1-2H3. The number of hydrogen-bond donors (Lipinski definition) is 2. The third-order valence-electron chi connectivity index (χ3n) is 2.84. The zero-order valence-corrected chi connectivity index (χ0v) is 13.7. The first-order valence-corrected chi connectivity index (χ1v) is 7.65. The highest BCUT2D eigenvalue weighted by Crippen LogP contribution is 2.34. The SMILES string of the molecule is CCOc1ccc(OCC)c(Nc2ccc(Br)cc2N)c1. The Morgan fingerprint density at radius 3 is 2.43 bits per heavy atom. The van der Waals surface area contributed by atoms with Gasteiger partial charge in [-0.1, -0.05) is 15.9 Å². The number of nitrogens with two attached hydrogens (primary N) is 1. The van der Waals surface area contributed by atoms with Crippen molar-refractivity contribution in [2.75, 3.05) is 24.3 Å². The molecule has 0 fully saturated rings. The van der Waals surface area contributed by atoms with Crippen LogP contribution in [0.2, 0.25) is 0 Å². The van der Waals surface area contributed by atoms with Crippen molar-refractivity contribution >= 4 is 33.0 Å². The van der Waals surface area contributed by atoms with E-state index in [-0.39, 0.29) is 0 Å². The van der Waals surface area contributed by atoms with E-state index in [4.69, 9.17) is 15.2 Å². The number of anilines is 3. The number of rotatable bonds is 6. The van der Waals surface area contributed by atoms with Crippen LogP contribution in [-0.2, 0) is 0 Å². The summed E-state index contributed by atoms with van der Waals surface area (Å²) in [5.41, 5.74) is 8.34. The molecule has 0 aliphatic heterocycles. The summed E-state index contributed by atoms with van der Waals surface area (Å²) >= 11 is 3.40. The number of nitrogens with one attached hydrogen (secondary N) is 1. The summed E-state index contributed by atoms with van der Waals surface area (Å²) in [5.74, 6) is 1.56. The molecule has 0 heterocycles. The van der Waals surface area contributed by atoms with Gasteiger partial charge in [0.1, 0.15) is 11.5 Å². The summed E-state index contributed by atoms with van der Waals surface area (Å²) in [6, 6.07) is 11.4. The smallest absolute Gasteiger partial charge is 0.142 e. The lowest BCUT2D eigenvalue weighted by atomic mass is 10.2. The minimum Gasteiger partial charge on any atom is -0.494 e. The number of halogens is 1. The molecule has 0 spiro atoms. The van der Waals surface area contributed by atoms with E-state index in [1.807, 2.05) is 50.2 Å². The minimum atomic E-state index is 0.596. The highest BCUT2D eigenvalue weighted by Gasteiger charge is 2.08. The molecule has 0 saturated carbocycles. The zero-order valence-electron chi connectivity index (χ0n) is 12.2. The van der Waals surface area contributed by atoms with Crippen LogP contribution in [0.4, 0.5) is 17.1 Å². The van der Waals surface area contributed by atoms with Crippen LogP contribution in [0.25, 0.3) is 0 Å². The van der Waals surface area contributed by atoms with Crippen LogP contribution in [0.3, 0.4) is 0 Å². The summed E-state index contributed by atoms with van der Waals surface area (Å²) in [6.45, 7) is 5.12. The maximum absolute atomic E-state index is 6.03. The second-order valence-electron chi connectivity index (χ2n) is 4.38. The molecule has 2 rings (SSSR count). The highest BCUT2D eigenvalue weighted by atomic mass is 79.9. The normalized spacial score (nSPS) is 10.2. The molecule has 2 aromatic carbocycles. The molecule has 0 radical (unpaired) electrons. The van der Waals surface area contributed by atoms with Crippen LogP contribution >= 0.6 is 15.9 Å². The molecule has 21 heavy (non-hydrogen) atoms. The monoisotopic (exact) mass is 350 g/mol. The van der Waals surface area contributed by atoms with Gasteiger partial charge in [-0.2, -0.15) is 0 Å². The van der Waals surface area contributed by atoms with Crippen molar-refractivity contribution in [2.45, 2.75) is 13.8 Å². The number of ether oxygens (including phenoxy) is 2. The number of hydrogen-bond acceptors (Lipinski definition) is 4. The second-order valence-corrected chi connectivity index (χ2v) is 5.30. The molecule has 112 valence electrons. The first kappa shape index (κ1) is 15.5. The van der Waals surface area contributed by atoms with Gasteiger partial charge < -0.3 is 20.5 Å². The first-order valence-electron chi connectivity index (χ1n) is 6.85. The van der Waals surface area contributed by atoms with Crippen LogP contribution in [0.1, 0.15) is 13.8 Å². The zero-order chi connectivity index (χ0) is 15.2. The molecule has 0 amide bonds. The Labute approximate surface area is 133 Å². The fourth-order valence-electron chi connectivity index (χ4n) is 1.94. The molecule has 0 aromatic heterocycles. The van der Waals surface area contributed by atoms with Crippen LogP contribution in [0.15, 0.2) is 40.9 Å². The van der Waals surface area contributed by atoms with Gasteiger partial charge in [0.15, 0.2) is 0 Å². The van der Waals surface area contributed by atoms with Gasteiger partial charge in [0, 0.05) is 10.5 Å². The van der Waals surface area contributed by atoms with Crippen molar-refractivity contribution in [3.8, 4) is 11.5 Å². The third kappa shape index (κ3) is 4.04. The molecular weight excluding hydrogens is 332 g/mol. The Balaban J connectivity index is 2.33. The summed E-state index contributed by atoms with van der Waals surface area (Å²) < 4.78 is 12.1. The highest BCUT2D eigenvalue weighted by molar-refractivity contribution is 9.10. The van der Waals surface area contributed by atoms with Crippen molar-refractivity contribution in [1.82, 2.24) is 0 Å². The predicted octanol–water partition coefficient (Wildman–Crippen LogP) is 4.57. The Kier molecular flexibility index (Phi) is 5.33. The van der Waals surface area contributed by atoms with E-state index >= 15 is 0 Å². The lowest BCUT2D eigenvalue weighted by molar-refractivity contribution is 0.332. The van der Waals surface area contributed by atoms with Crippen molar-refractivity contribution in [2.24, 2.45) is 0 Å². The maximum Gasteiger partial charge on any atom is 0.142 e. The van der Waals surface area contributed by atoms with E-state index in [2.05, 4.69) is 21.2 Å². The molecule has 0 saturated heterocycles. The molecule has 0 atom stereocenters. The number of benzene rings is 2. The first-order chi connectivity index (χ1) is 10.1. The lowest BCUT2D eigenvalue weighted by Crippen LogP contribution is -2.01. The van der Waals surface area contributed by atoms with Crippen molar-refractivity contribution in [1.29, 1.82) is 0 Å². The van der Waals surface area contributed by atoms with Crippen LogP contribution in [0.5, 0.6) is 11.5 Å². The van der Waals surface area contributed by atoms with E-state index in [0.29, 0.717) is 18.9 Å². The van der Waals surface area contributed by atoms with Gasteiger partial charge in [-0.25, -0.2) is 0 Å². The fourth-order valence-corrected chi connectivity index (χ4v) is 2.32. The summed E-state index contributed by atoms with van der Waals surface area (Å²) in [6.07, 6.45) is 0. The molecule has 0 aliphatic carbocycles. The van der Waals surface area contributed by atoms with Crippen LogP contribution in [0, 0.1) is 0 Å². The predicted molar refractivity (Wildman–Crippen MR) is 90.6 cm³/mol. The average molecular weight is 351 g/mol. The fraction of sp³-hybridized carbons (Fsp3) is 0.250. The molecule has 2 aromatic rings. The Hall–Kier alpha value is -1.88. The van der Waals surface area contributed by atoms with Gasteiger partial charge >= 0.3 is 0 Å². The van der Waals surface area contributed by atoms with E-state index in [1.54, 1.807) is 0 Å². The maximum atomic E-state index is 6.03. The molecule has 3 N–H and O–H groups in total.